The second-order valence-electron chi connectivity index (χ2n) is 5.32. The average Bonchev–Trinajstić information content (AvgIpc) is 2.43. The molecule has 20 heavy (non-hydrogen) atoms. The van der Waals surface area contributed by atoms with Crippen LogP contribution in [0.2, 0.25) is 0 Å². The van der Waals surface area contributed by atoms with E-state index in [1.165, 1.54) is 18.0 Å². The van der Waals surface area contributed by atoms with Gasteiger partial charge in [0.1, 0.15) is 5.82 Å². The smallest absolute Gasteiger partial charge is 0.256 e. The molecule has 0 aliphatic carbocycles. The van der Waals surface area contributed by atoms with Crippen molar-refractivity contribution >= 4 is 21.8 Å². The average molecular weight is 348 g/mol. The highest BCUT2D eigenvalue weighted by atomic mass is 79.9. The first kappa shape index (κ1) is 17.1. The molecule has 1 rings (SSSR count). The molecule has 0 aliphatic heterocycles. The van der Waals surface area contributed by atoms with Crippen molar-refractivity contribution in [2.75, 3.05) is 26.8 Å². The number of aliphatic hydroxyl groups excluding tert-OH is 2. The molecular weight excluding hydrogens is 329 g/mol. The van der Waals surface area contributed by atoms with Crippen LogP contribution in [0, 0.1) is 18.2 Å². The summed E-state index contributed by atoms with van der Waals surface area (Å²) in [6.45, 7) is 2.92. The van der Waals surface area contributed by atoms with Gasteiger partial charge in [-0.25, -0.2) is 4.39 Å². The van der Waals surface area contributed by atoms with Crippen LogP contribution in [-0.2, 0) is 0 Å². The molecule has 0 fully saturated rings. The van der Waals surface area contributed by atoms with Crippen LogP contribution in [0.5, 0.6) is 0 Å². The number of carbonyl (C=O) groups excluding carboxylic acids is 1. The molecule has 0 atom stereocenters. The lowest BCUT2D eigenvalue weighted by atomic mass is 9.92. The Bertz CT molecular complexity index is 503. The van der Waals surface area contributed by atoms with E-state index in [1.54, 1.807) is 19.9 Å². The molecule has 0 aliphatic rings. The van der Waals surface area contributed by atoms with Gasteiger partial charge in [-0.15, -0.1) is 0 Å². The molecule has 2 N–H and O–H groups in total. The van der Waals surface area contributed by atoms with E-state index in [0.29, 0.717) is 10.0 Å². The lowest BCUT2D eigenvalue weighted by molar-refractivity contribution is 0.0364. The van der Waals surface area contributed by atoms with E-state index >= 15 is 0 Å². The number of halogens is 2. The van der Waals surface area contributed by atoms with E-state index in [4.69, 9.17) is 0 Å². The van der Waals surface area contributed by atoms with Crippen LogP contribution in [0.3, 0.4) is 0 Å². The number of amides is 1. The zero-order valence-corrected chi connectivity index (χ0v) is 13.4. The van der Waals surface area contributed by atoms with Crippen molar-refractivity contribution in [2.24, 2.45) is 5.41 Å². The molecule has 0 unspecified atom stereocenters. The quantitative estimate of drug-likeness (QED) is 0.855. The molecule has 1 aromatic rings. The first-order valence-corrected chi connectivity index (χ1v) is 6.97. The first-order valence-electron chi connectivity index (χ1n) is 6.17. The van der Waals surface area contributed by atoms with Crippen LogP contribution in [-0.4, -0.2) is 47.8 Å². The minimum atomic E-state index is -0.819. The van der Waals surface area contributed by atoms with Gasteiger partial charge < -0.3 is 15.1 Å². The molecule has 112 valence electrons. The number of hydrogen-bond donors (Lipinski definition) is 2. The number of rotatable bonds is 5. The first-order chi connectivity index (χ1) is 9.25. The Hall–Kier alpha value is -0.980. The summed E-state index contributed by atoms with van der Waals surface area (Å²) >= 11 is 3.27. The summed E-state index contributed by atoms with van der Waals surface area (Å²) in [5.74, 6) is -1.06. The van der Waals surface area contributed by atoms with E-state index < -0.39 is 17.1 Å². The van der Waals surface area contributed by atoms with Gasteiger partial charge >= 0.3 is 0 Å². The molecule has 4 nitrogen and oxygen atoms in total. The van der Waals surface area contributed by atoms with Crippen molar-refractivity contribution in [3.05, 3.63) is 33.5 Å². The van der Waals surface area contributed by atoms with E-state index in [-0.39, 0.29) is 25.3 Å². The highest BCUT2D eigenvalue weighted by Gasteiger charge is 2.28. The van der Waals surface area contributed by atoms with Crippen molar-refractivity contribution in [3.8, 4) is 0 Å². The van der Waals surface area contributed by atoms with E-state index in [2.05, 4.69) is 15.9 Å². The number of carbonyl (C=O) groups is 1. The second-order valence-corrected chi connectivity index (χ2v) is 6.17. The van der Waals surface area contributed by atoms with Gasteiger partial charge in [-0.1, -0.05) is 22.9 Å². The molecule has 1 amide bonds. The van der Waals surface area contributed by atoms with Crippen molar-refractivity contribution < 1.29 is 19.4 Å². The van der Waals surface area contributed by atoms with E-state index in [9.17, 15) is 19.4 Å². The Balaban J connectivity index is 3.04. The fraction of sp³-hybridized carbons (Fsp3) is 0.500. The van der Waals surface area contributed by atoms with Crippen LogP contribution in [0.15, 0.2) is 16.6 Å². The van der Waals surface area contributed by atoms with Gasteiger partial charge in [0.2, 0.25) is 0 Å². The third kappa shape index (κ3) is 3.56. The highest BCUT2D eigenvalue weighted by molar-refractivity contribution is 9.10. The zero-order valence-electron chi connectivity index (χ0n) is 11.8. The lowest BCUT2D eigenvalue weighted by Gasteiger charge is -2.30. The molecule has 0 saturated heterocycles. The molecule has 0 aromatic heterocycles. The van der Waals surface area contributed by atoms with Gasteiger partial charge in [0, 0.05) is 23.5 Å². The van der Waals surface area contributed by atoms with Crippen LogP contribution in [0.1, 0.15) is 22.8 Å². The SMILES string of the molecule is Cc1c(Br)ccc(F)c1C(=O)N(C)CC(C)(CO)CO. The predicted octanol–water partition coefficient (Wildman–Crippen LogP) is 1.96. The summed E-state index contributed by atoms with van der Waals surface area (Å²) < 4.78 is 14.5. The van der Waals surface area contributed by atoms with E-state index in [1.807, 2.05) is 0 Å². The van der Waals surface area contributed by atoms with Crippen molar-refractivity contribution in [3.63, 3.8) is 0 Å². The summed E-state index contributed by atoms with van der Waals surface area (Å²) in [6.07, 6.45) is 0. The van der Waals surface area contributed by atoms with Crippen LogP contribution < -0.4 is 0 Å². The Morgan fingerprint density at radius 3 is 2.45 bits per heavy atom. The number of benzene rings is 1. The highest BCUT2D eigenvalue weighted by Crippen LogP contribution is 2.24. The van der Waals surface area contributed by atoms with Crippen LogP contribution in [0.4, 0.5) is 4.39 Å². The molecule has 0 saturated carbocycles. The van der Waals surface area contributed by atoms with Gasteiger partial charge in [-0.05, 0) is 24.6 Å². The van der Waals surface area contributed by atoms with Gasteiger partial charge in [-0.3, -0.25) is 4.79 Å². The summed E-state index contributed by atoms with van der Waals surface area (Å²) in [5.41, 5.74) is -0.294. The molecule has 0 heterocycles. The maximum absolute atomic E-state index is 13.9. The normalized spacial score (nSPS) is 11.6. The Labute approximate surface area is 126 Å². The Kier molecular flexibility index (Phi) is 5.68. The third-order valence-corrected chi connectivity index (χ3v) is 4.15. The lowest BCUT2D eigenvalue weighted by Crippen LogP contribution is -2.42. The van der Waals surface area contributed by atoms with E-state index in [0.717, 1.165) is 0 Å². The minimum absolute atomic E-state index is 0.0000968. The summed E-state index contributed by atoms with van der Waals surface area (Å²) in [4.78, 5) is 13.7. The van der Waals surface area contributed by atoms with Gasteiger partial charge in [0.25, 0.3) is 5.91 Å². The topological polar surface area (TPSA) is 60.8 Å². The maximum atomic E-state index is 13.9. The number of nitrogens with zero attached hydrogens (tertiary/aromatic N) is 1. The third-order valence-electron chi connectivity index (χ3n) is 3.29. The molecule has 1 aromatic carbocycles. The number of aliphatic hydroxyl groups is 2. The number of hydrogen-bond acceptors (Lipinski definition) is 3. The van der Waals surface area contributed by atoms with Gasteiger partial charge in [0.05, 0.1) is 18.8 Å². The van der Waals surface area contributed by atoms with Gasteiger partial charge in [0.15, 0.2) is 0 Å². The van der Waals surface area contributed by atoms with Crippen molar-refractivity contribution in [1.82, 2.24) is 4.90 Å². The molecular formula is C14H19BrFNO3. The Morgan fingerprint density at radius 1 is 1.40 bits per heavy atom. The van der Waals surface area contributed by atoms with Crippen LogP contribution >= 0.6 is 15.9 Å². The van der Waals surface area contributed by atoms with Crippen LogP contribution in [0.25, 0.3) is 0 Å². The molecule has 0 bridgehead atoms. The summed E-state index contributed by atoms with van der Waals surface area (Å²) in [7, 11) is 1.52. The Morgan fingerprint density at radius 2 is 1.95 bits per heavy atom. The fourth-order valence-electron chi connectivity index (χ4n) is 1.90. The maximum Gasteiger partial charge on any atom is 0.256 e. The minimum Gasteiger partial charge on any atom is -0.396 e. The zero-order chi connectivity index (χ0) is 15.5. The molecule has 0 radical (unpaired) electrons. The summed E-state index contributed by atoms with van der Waals surface area (Å²) in [5, 5.41) is 18.5. The molecule has 0 spiro atoms. The second kappa shape index (κ2) is 6.65. The molecule has 6 heteroatoms. The fourth-order valence-corrected chi connectivity index (χ4v) is 2.23. The summed E-state index contributed by atoms with van der Waals surface area (Å²) in [6, 6.07) is 2.78. The predicted molar refractivity (Wildman–Crippen MR) is 78.1 cm³/mol. The monoisotopic (exact) mass is 347 g/mol. The van der Waals surface area contributed by atoms with Gasteiger partial charge in [-0.2, -0.15) is 0 Å². The standard InChI is InChI=1S/C14H19BrFNO3/c1-9-10(15)4-5-11(16)12(9)13(20)17(3)6-14(2,7-18)8-19/h4-5,18-19H,6-8H2,1-3H3. The van der Waals surface area contributed by atoms with Crippen molar-refractivity contribution in [2.45, 2.75) is 13.8 Å². The largest absolute Gasteiger partial charge is 0.396 e. The van der Waals surface area contributed by atoms with Crippen molar-refractivity contribution in [1.29, 1.82) is 0 Å².